The second kappa shape index (κ2) is 6.38. The van der Waals surface area contributed by atoms with Gasteiger partial charge in [0.25, 0.3) is 0 Å². The number of piperidine rings is 1. The molecule has 0 amide bonds. The Morgan fingerprint density at radius 2 is 2.29 bits per heavy atom. The monoisotopic (exact) mass is 201 g/mol. The van der Waals surface area contributed by atoms with Gasteiger partial charge in [-0.25, -0.2) is 0 Å². The number of rotatable bonds is 5. The lowest BCUT2D eigenvalue weighted by atomic mass is 9.98. The molecule has 0 spiro atoms. The predicted molar refractivity (Wildman–Crippen MR) is 57.4 cm³/mol. The Morgan fingerprint density at radius 3 is 2.93 bits per heavy atom. The van der Waals surface area contributed by atoms with Crippen LogP contribution in [0.5, 0.6) is 0 Å². The maximum absolute atomic E-state index is 9.62. The van der Waals surface area contributed by atoms with E-state index in [4.69, 9.17) is 4.74 Å². The van der Waals surface area contributed by atoms with Gasteiger partial charge < -0.3 is 9.84 Å². The zero-order valence-electron chi connectivity index (χ0n) is 9.41. The first-order valence-corrected chi connectivity index (χ1v) is 5.75. The van der Waals surface area contributed by atoms with Gasteiger partial charge in [0.2, 0.25) is 0 Å². The van der Waals surface area contributed by atoms with Crippen molar-refractivity contribution in [2.45, 2.75) is 45.3 Å². The molecule has 1 heterocycles. The van der Waals surface area contributed by atoms with Crippen molar-refractivity contribution in [3.05, 3.63) is 0 Å². The molecule has 0 aromatic heterocycles. The summed E-state index contributed by atoms with van der Waals surface area (Å²) >= 11 is 0. The third-order valence-electron chi connectivity index (χ3n) is 2.95. The molecule has 0 aromatic carbocycles. The zero-order chi connectivity index (χ0) is 10.4. The molecule has 0 aliphatic carbocycles. The quantitative estimate of drug-likeness (QED) is 0.680. The van der Waals surface area contributed by atoms with Crippen molar-refractivity contribution in [1.82, 2.24) is 4.90 Å². The van der Waals surface area contributed by atoms with Gasteiger partial charge in [0.05, 0.1) is 12.7 Å². The van der Waals surface area contributed by atoms with Crippen LogP contribution in [0.15, 0.2) is 0 Å². The van der Waals surface area contributed by atoms with E-state index < -0.39 is 0 Å². The maximum atomic E-state index is 9.62. The van der Waals surface area contributed by atoms with E-state index in [2.05, 4.69) is 4.90 Å². The number of aliphatic hydroxyl groups excluding tert-OH is 1. The van der Waals surface area contributed by atoms with E-state index in [1.54, 1.807) is 0 Å². The Hall–Kier alpha value is -0.120. The van der Waals surface area contributed by atoms with Gasteiger partial charge in [-0.2, -0.15) is 0 Å². The second-order valence-corrected chi connectivity index (χ2v) is 4.04. The van der Waals surface area contributed by atoms with E-state index in [-0.39, 0.29) is 6.10 Å². The van der Waals surface area contributed by atoms with Crippen LogP contribution >= 0.6 is 0 Å². The Morgan fingerprint density at radius 1 is 1.50 bits per heavy atom. The Balaban J connectivity index is 2.30. The fraction of sp³-hybridized carbons (Fsp3) is 1.00. The Labute approximate surface area is 87.1 Å². The van der Waals surface area contributed by atoms with Crippen molar-refractivity contribution in [3.8, 4) is 0 Å². The van der Waals surface area contributed by atoms with Crippen molar-refractivity contribution in [1.29, 1.82) is 0 Å². The van der Waals surface area contributed by atoms with E-state index in [0.717, 1.165) is 32.7 Å². The standard InChI is InChI=1S/C11H23NO2/c1-3-14-9-8-12-7-5-4-6-11(12)10(2)13/h10-11,13H,3-9H2,1-2H3/t10-,11-/m1/s1. The Kier molecular flexibility index (Phi) is 5.45. The van der Waals surface area contributed by atoms with Crippen LogP contribution in [0, 0.1) is 0 Å². The van der Waals surface area contributed by atoms with Crippen LogP contribution < -0.4 is 0 Å². The van der Waals surface area contributed by atoms with Crippen molar-refractivity contribution >= 4 is 0 Å². The van der Waals surface area contributed by atoms with Crippen molar-refractivity contribution in [2.75, 3.05) is 26.3 Å². The molecule has 2 atom stereocenters. The summed E-state index contributed by atoms with van der Waals surface area (Å²) in [6.45, 7) is 7.56. The van der Waals surface area contributed by atoms with Crippen LogP contribution in [0.25, 0.3) is 0 Å². The highest BCUT2D eigenvalue weighted by molar-refractivity contribution is 4.80. The van der Waals surface area contributed by atoms with Crippen molar-refractivity contribution in [2.24, 2.45) is 0 Å². The van der Waals surface area contributed by atoms with Crippen molar-refractivity contribution < 1.29 is 9.84 Å². The van der Waals surface area contributed by atoms with E-state index in [1.807, 2.05) is 13.8 Å². The zero-order valence-corrected chi connectivity index (χ0v) is 9.41. The molecule has 84 valence electrons. The molecule has 0 saturated carbocycles. The first-order valence-electron chi connectivity index (χ1n) is 5.75. The summed E-state index contributed by atoms with van der Waals surface area (Å²) in [6, 6.07) is 0.351. The van der Waals surface area contributed by atoms with E-state index in [1.165, 1.54) is 12.8 Å². The first-order chi connectivity index (χ1) is 6.75. The van der Waals surface area contributed by atoms with Crippen LogP contribution in [0.2, 0.25) is 0 Å². The molecular weight excluding hydrogens is 178 g/mol. The fourth-order valence-corrected chi connectivity index (χ4v) is 2.17. The molecule has 3 heteroatoms. The molecule has 1 rings (SSSR count). The number of likely N-dealkylation sites (tertiary alicyclic amines) is 1. The molecule has 1 saturated heterocycles. The second-order valence-electron chi connectivity index (χ2n) is 4.04. The minimum Gasteiger partial charge on any atom is -0.392 e. The number of hydrogen-bond donors (Lipinski definition) is 1. The number of aliphatic hydroxyl groups is 1. The molecular formula is C11H23NO2. The number of nitrogens with zero attached hydrogens (tertiary/aromatic N) is 1. The molecule has 1 N–H and O–H groups in total. The van der Waals surface area contributed by atoms with Gasteiger partial charge in [-0.15, -0.1) is 0 Å². The summed E-state index contributed by atoms with van der Waals surface area (Å²) in [5, 5.41) is 9.62. The van der Waals surface area contributed by atoms with Gasteiger partial charge in [0.15, 0.2) is 0 Å². The largest absolute Gasteiger partial charge is 0.392 e. The van der Waals surface area contributed by atoms with Gasteiger partial charge in [-0.1, -0.05) is 6.42 Å². The smallest absolute Gasteiger partial charge is 0.0667 e. The lowest BCUT2D eigenvalue weighted by molar-refractivity contribution is 0.0168. The molecule has 14 heavy (non-hydrogen) atoms. The summed E-state index contributed by atoms with van der Waals surface area (Å²) in [7, 11) is 0. The lowest BCUT2D eigenvalue weighted by Gasteiger charge is -2.37. The average molecular weight is 201 g/mol. The van der Waals surface area contributed by atoms with Crippen LogP contribution in [-0.2, 0) is 4.74 Å². The topological polar surface area (TPSA) is 32.7 Å². The summed E-state index contributed by atoms with van der Waals surface area (Å²) < 4.78 is 5.34. The average Bonchev–Trinajstić information content (AvgIpc) is 2.19. The molecule has 3 nitrogen and oxygen atoms in total. The van der Waals surface area contributed by atoms with Crippen LogP contribution in [0.4, 0.5) is 0 Å². The van der Waals surface area contributed by atoms with E-state index >= 15 is 0 Å². The van der Waals surface area contributed by atoms with E-state index in [9.17, 15) is 5.11 Å². The molecule has 1 aliphatic rings. The maximum Gasteiger partial charge on any atom is 0.0667 e. The fourth-order valence-electron chi connectivity index (χ4n) is 2.17. The summed E-state index contributed by atoms with van der Waals surface area (Å²) in [5.41, 5.74) is 0. The number of hydrogen-bond acceptors (Lipinski definition) is 3. The summed E-state index contributed by atoms with van der Waals surface area (Å²) in [5.74, 6) is 0. The van der Waals surface area contributed by atoms with Gasteiger partial charge in [0.1, 0.15) is 0 Å². The van der Waals surface area contributed by atoms with Gasteiger partial charge in [0, 0.05) is 19.2 Å². The third-order valence-corrected chi connectivity index (χ3v) is 2.95. The molecule has 0 aromatic rings. The predicted octanol–water partition coefficient (Wildman–Crippen LogP) is 1.26. The van der Waals surface area contributed by atoms with Gasteiger partial charge in [-0.3, -0.25) is 4.90 Å². The van der Waals surface area contributed by atoms with Gasteiger partial charge in [-0.05, 0) is 33.2 Å². The SMILES string of the molecule is CCOCCN1CCCC[C@@H]1[C@@H](C)O. The highest BCUT2D eigenvalue weighted by atomic mass is 16.5. The molecule has 1 aliphatic heterocycles. The van der Waals surface area contributed by atoms with Gasteiger partial charge >= 0.3 is 0 Å². The highest BCUT2D eigenvalue weighted by Crippen LogP contribution is 2.19. The van der Waals surface area contributed by atoms with Crippen LogP contribution in [0.3, 0.4) is 0 Å². The molecule has 1 fully saturated rings. The molecule has 0 bridgehead atoms. The van der Waals surface area contributed by atoms with Crippen LogP contribution in [0.1, 0.15) is 33.1 Å². The number of ether oxygens (including phenoxy) is 1. The van der Waals surface area contributed by atoms with E-state index in [0.29, 0.717) is 6.04 Å². The summed E-state index contributed by atoms with van der Waals surface area (Å²) in [6.07, 6.45) is 3.43. The van der Waals surface area contributed by atoms with Crippen molar-refractivity contribution in [3.63, 3.8) is 0 Å². The summed E-state index contributed by atoms with van der Waals surface area (Å²) in [4.78, 5) is 2.36. The van der Waals surface area contributed by atoms with Crippen LogP contribution in [-0.4, -0.2) is 48.5 Å². The highest BCUT2D eigenvalue weighted by Gasteiger charge is 2.25. The molecule has 0 unspecified atom stereocenters. The first kappa shape index (κ1) is 12.0. The normalized spacial score (nSPS) is 26.4. The minimum atomic E-state index is -0.211. The third kappa shape index (κ3) is 3.56. The lowest BCUT2D eigenvalue weighted by Crippen LogP contribution is -2.47. The Bertz CT molecular complexity index is 150. The molecule has 0 radical (unpaired) electrons. The minimum absolute atomic E-state index is 0.211.